The molecule has 2 N–H and O–H groups in total. The van der Waals surface area contributed by atoms with E-state index < -0.39 is 0 Å². The fraction of sp³-hybridized carbons (Fsp3) is 0.462. The van der Waals surface area contributed by atoms with Crippen LogP contribution in [-0.4, -0.2) is 24.1 Å². The molecule has 92 valence electrons. The van der Waals surface area contributed by atoms with Crippen LogP contribution in [-0.2, 0) is 16.1 Å². The second-order valence-corrected chi connectivity index (χ2v) is 4.43. The van der Waals surface area contributed by atoms with Gasteiger partial charge in [-0.1, -0.05) is 30.3 Å². The Morgan fingerprint density at radius 1 is 1.41 bits per heavy atom. The number of piperidine rings is 1. The number of esters is 1. The van der Waals surface area contributed by atoms with E-state index in [1.807, 2.05) is 30.3 Å². The van der Waals surface area contributed by atoms with E-state index in [0.717, 1.165) is 24.9 Å². The maximum Gasteiger partial charge on any atom is 0.310 e. The van der Waals surface area contributed by atoms with Gasteiger partial charge in [0.15, 0.2) is 0 Å². The minimum atomic E-state index is -0.135. The van der Waals surface area contributed by atoms with Gasteiger partial charge < -0.3 is 4.74 Å². The Labute approximate surface area is 101 Å². The molecule has 0 radical (unpaired) electrons. The van der Waals surface area contributed by atoms with Crippen molar-refractivity contribution in [3.05, 3.63) is 35.9 Å². The van der Waals surface area contributed by atoms with E-state index in [-0.39, 0.29) is 11.9 Å². The summed E-state index contributed by atoms with van der Waals surface area (Å²) in [7, 11) is 0. The van der Waals surface area contributed by atoms with Crippen molar-refractivity contribution in [1.82, 2.24) is 5.01 Å². The second kappa shape index (κ2) is 5.80. The summed E-state index contributed by atoms with van der Waals surface area (Å²) in [6.45, 7) is 1.82. The van der Waals surface area contributed by atoms with Crippen LogP contribution in [0.5, 0.6) is 0 Å². The summed E-state index contributed by atoms with van der Waals surface area (Å²) in [5.74, 6) is 5.49. The Morgan fingerprint density at radius 2 is 2.18 bits per heavy atom. The van der Waals surface area contributed by atoms with Crippen molar-refractivity contribution >= 4 is 5.97 Å². The molecule has 1 aromatic carbocycles. The third-order valence-corrected chi connectivity index (χ3v) is 3.01. The molecule has 1 heterocycles. The van der Waals surface area contributed by atoms with Gasteiger partial charge in [0.05, 0.1) is 5.92 Å². The molecule has 1 saturated heterocycles. The molecule has 2 rings (SSSR count). The van der Waals surface area contributed by atoms with Crippen molar-refractivity contribution in [2.75, 3.05) is 13.1 Å². The first-order valence-electron chi connectivity index (χ1n) is 5.96. The molecule has 1 aliphatic rings. The Bertz CT molecular complexity index is 367. The Kier molecular flexibility index (Phi) is 4.12. The van der Waals surface area contributed by atoms with E-state index in [1.165, 1.54) is 0 Å². The first-order valence-corrected chi connectivity index (χ1v) is 5.96. The number of hydrogen-bond acceptors (Lipinski definition) is 4. The summed E-state index contributed by atoms with van der Waals surface area (Å²) in [5.41, 5.74) is 1.02. The van der Waals surface area contributed by atoms with Crippen molar-refractivity contribution in [2.24, 2.45) is 11.8 Å². The van der Waals surface area contributed by atoms with Crippen LogP contribution in [0.4, 0.5) is 0 Å². The van der Waals surface area contributed by atoms with Gasteiger partial charge in [0.25, 0.3) is 0 Å². The van der Waals surface area contributed by atoms with Crippen molar-refractivity contribution in [3.63, 3.8) is 0 Å². The average Bonchev–Trinajstić information content (AvgIpc) is 2.37. The lowest BCUT2D eigenvalue weighted by Gasteiger charge is -2.27. The maximum absolute atomic E-state index is 11.8. The van der Waals surface area contributed by atoms with E-state index in [2.05, 4.69) is 0 Å². The largest absolute Gasteiger partial charge is 0.461 e. The molecule has 17 heavy (non-hydrogen) atoms. The first kappa shape index (κ1) is 12.1. The summed E-state index contributed by atoms with van der Waals surface area (Å²) >= 11 is 0. The summed E-state index contributed by atoms with van der Waals surface area (Å²) in [5, 5.41) is 1.69. The molecular formula is C13H18N2O2. The van der Waals surface area contributed by atoms with Gasteiger partial charge in [-0.05, 0) is 18.4 Å². The van der Waals surface area contributed by atoms with Crippen LogP contribution in [0.25, 0.3) is 0 Å². The van der Waals surface area contributed by atoms with Crippen LogP contribution in [0.15, 0.2) is 30.3 Å². The summed E-state index contributed by atoms with van der Waals surface area (Å²) in [4.78, 5) is 11.8. The highest BCUT2D eigenvalue weighted by Crippen LogP contribution is 2.16. The zero-order valence-corrected chi connectivity index (χ0v) is 9.84. The first-order chi connectivity index (χ1) is 8.25. The third kappa shape index (κ3) is 3.54. The summed E-state index contributed by atoms with van der Waals surface area (Å²) < 4.78 is 5.29. The van der Waals surface area contributed by atoms with Gasteiger partial charge in [-0.3, -0.25) is 10.6 Å². The van der Waals surface area contributed by atoms with Crippen LogP contribution < -0.4 is 5.84 Å². The van der Waals surface area contributed by atoms with Crippen LogP contribution in [0, 0.1) is 5.92 Å². The molecular weight excluding hydrogens is 216 g/mol. The van der Waals surface area contributed by atoms with E-state index in [4.69, 9.17) is 10.6 Å². The minimum Gasteiger partial charge on any atom is -0.461 e. The number of rotatable bonds is 3. The van der Waals surface area contributed by atoms with Gasteiger partial charge in [-0.25, -0.2) is 5.01 Å². The predicted molar refractivity (Wildman–Crippen MR) is 64.7 cm³/mol. The van der Waals surface area contributed by atoms with E-state index in [0.29, 0.717) is 13.2 Å². The lowest BCUT2D eigenvalue weighted by atomic mass is 9.99. The molecule has 1 fully saturated rings. The Balaban J connectivity index is 1.81. The standard InChI is InChI=1S/C13H18N2O2/c14-15-8-4-7-12(9-15)13(16)17-10-11-5-2-1-3-6-11/h1-3,5-6,12H,4,7-10,14H2. The predicted octanol–water partition coefficient (Wildman–Crippen LogP) is 1.32. The molecule has 0 aliphatic carbocycles. The van der Waals surface area contributed by atoms with E-state index in [1.54, 1.807) is 5.01 Å². The number of benzene rings is 1. The Morgan fingerprint density at radius 3 is 2.88 bits per heavy atom. The highest BCUT2D eigenvalue weighted by atomic mass is 16.5. The van der Waals surface area contributed by atoms with Crippen molar-refractivity contribution in [1.29, 1.82) is 0 Å². The third-order valence-electron chi connectivity index (χ3n) is 3.01. The molecule has 4 nitrogen and oxygen atoms in total. The molecule has 0 bridgehead atoms. The van der Waals surface area contributed by atoms with Gasteiger partial charge in [-0.2, -0.15) is 0 Å². The van der Waals surface area contributed by atoms with Gasteiger partial charge in [0, 0.05) is 13.1 Å². The molecule has 1 unspecified atom stereocenters. The molecule has 0 amide bonds. The zero-order valence-electron chi connectivity index (χ0n) is 9.84. The lowest BCUT2D eigenvalue weighted by Crippen LogP contribution is -2.43. The number of hydrogen-bond donors (Lipinski definition) is 1. The number of nitrogens with zero attached hydrogens (tertiary/aromatic N) is 1. The van der Waals surface area contributed by atoms with Crippen molar-refractivity contribution < 1.29 is 9.53 Å². The smallest absolute Gasteiger partial charge is 0.310 e. The molecule has 0 saturated carbocycles. The van der Waals surface area contributed by atoms with Crippen LogP contribution in [0.3, 0.4) is 0 Å². The molecule has 1 atom stereocenters. The molecule has 4 heteroatoms. The molecule has 0 aromatic heterocycles. The molecule has 1 aliphatic heterocycles. The van der Waals surface area contributed by atoms with E-state index >= 15 is 0 Å². The number of carbonyl (C=O) groups is 1. The van der Waals surface area contributed by atoms with Gasteiger partial charge in [0.2, 0.25) is 0 Å². The average molecular weight is 234 g/mol. The second-order valence-electron chi connectivity index (χ2n) is 4.43. The van der Waals surface area contributed by atoms with E-state index in [9.17, 15) is 4.79 Å². The monoisotopic (exact) mass is 234 g/mol. The zero-order chi connectivity index (χ0) is 12.1. The maximum atomic E-state index is 11.8. The lowest BCUT2D eigenvalue weighted by molar-refractivity contribution is -0.151. The van der Waals surface area contributed by atoms with Crippen molar-refractivity contribution in [3.8, 4) is 0 Å². The number of hydrazine groups is 1. The van der Waals surface area contributed by atoms with Crippen LogP contribution >= 0.6 is 0 Å². The number of ether oxygens (including phenoxy) is 1. The quantitative estimate of drug-likeness (QED) is 0.633. The summed E-state index contributed by atoms with van der Waals surface area (Å²) in [6, 6.07) is 9.71. The molecule has 0 spiro atoms. The number of nitrogens with two attached hydrogens (primary N) is 1. The normalized spacial score (nSPS) is 21.1. The van der Waals surface area contributed by atoms with Crippen molar-refractivity contribution in [2.45, 2.75) is 19.4 Å². The summed E-state index contributed by atoms with van der Waals surface area (Å²) in [6.07, 6.45) is 1.84. The van der Waals surface area contributed by atoms with Gasteiger partial charge >= 0.3 is 5.97 Å². The number of carbonyl (C=O) groups excluding carboxylic acids is 1. The Hall–Kier alpha value is -1.39. The van der Waals surface area contributed by atoms with Crippen LogP contribution in [0.1, 0.15) is 18.4 Å². The van der Waals surface area contributed by atoms with Gasteiger partial charge in [-0.15, -0.1) is 0 Å². The highest BCUT2D eigenvalue weighted by molar-refractivity contribution is 5.72. The van der Waals surface area contributed by atoms with Gasteiger partial charge in [0.1, 0.15) is 6.61 Å². The minimum absolute atomic E-state index is 0.0718. The fourth-order valence-corrected chi connectivity index (χ4v) is 2.05. The molecule has 1 aromatic rings. The van der Waals surface area contributed by atoms with Crippen LogP contribution in [0.2, 0.25) is 0 Å². The topological polar surface area (TPSA) is 55.6 Å². The SMILES string of the molecule is NN1CCCC(C(=O)OCc2ccccc2)C1. The fourth-order valence-electron chi connectivity index (χ4n) is 2.05. The highest BCUT2D eigenvalue weighted by Gasteiger charge is 2.25.